The molecule has 5 heteroatoms. The smallest absolute Gasteiger partial charge is 0.125 e. The lowest BCUT2D eigenvalue weighted by Gasteiger charge is -2.29. The Hall–Kier alpha value is -2.79. The molecule has 37 heavy (non-hydrogen) atoms. The minimum Gasteiger partial charge on any atom is -0.395 e. The van der Waals surface area contributed by atoms with Gasteiger partial charge in [-0.1, -0.05) is 76.4 Å². The van der Waals surface area contributed by atoms with Gasteiger partial charge in [0, 0.05) is 24.4 Å². The predicted molar refractivity (Wildman–Crippen MR) is 160 cm³/mol. The molecule has 0 spiro atoms. The van der Waals surface area contributed by atoms with E-state index in [-0.39, 0.29) is 5.92 Å². The van der Waals surface area contributed by atoms with Crippen molar-refractivity contribution in [2.75, 3.05) is 19.7 Å². The lowest BCUT2D eigenvalue weighted by atomic mass is 9.77. The fourth-order valence-corrected chi connectivity index (χ4v) is 4.79. The molecule has 2 unspecified atom stereocenters. The summed E-state index contributed by atoms with van der Waals surface area (Å²) in [7, 11) is 0. The standard InChI is InChI=1S/C28H38N4O.2C2H6/c1-7-10-13-23(8-2)25(9-3)19(4)24-15-26-28(20(5)30-21(6)31-26)27(16-24)32-33-18-22-12-11-14-29-17-22;2*1-2/h7-10,13,22,24,29H,2,4,11-12,14-18H2,1,3,5-6H3;2*1-2H3/b10-7-,23-13+,25-9+,32-27+;;. The van der Waals surface area contributed by atoms with Crippen molar-refractivity contribution < 1.29 is 4.84 Å². The van der Waals surface area contributed by atoms with Crippen LogP contribution in [0, 0.1) is 25.7 Å². The van der Waals surface area contributed by atoms with Gasteiger partial charge in [0.25, 0.3) is 0 Å². The number of nitrogens with one attached hydrogen (secondary N) is 1. The van der Waals surface area contributed by atoms with E-state index in [1.165, 1.54) is 12.8 Å². The average molecular weight is 507 g/mol. The Kier molecular flexibility index (Phi) is 15.4. The van der Waals surface area contributed by atoms with Crippen molar-refractivity contribution in [2.24, 2.45) is 17.0 Å². The van der Waals surface area contributed by atoms with Gasteiger partial charge < -0.3 is 10.2 Å². The molecule has 1 saturated heterocycles. The fourth-order valence-electron chi connectivity index (χ4n) is 4.79. The van der Waals surface area contributed by atoms with Crippen molar-refractivity contribution >= 4 is 5.71 Å². The molecule has 3 rings (SSSR count). The highest BCUT2D eigenvalue weighted by Gasteiger charge is 2.30. The van der Waals surface area contributed by atoms with Gasteiger partial charge in [-0.3, -0.25) is 0 Å². The molecule has 1 aromatic rings. The van der Waals surface area contributed by atoms with E-state index in [1.54, 1.807) is 0 Å². The number of aromatic nitrogens is 2. The number of hydrogen-bond acceptors (Lipinski definition) is 5. The van der Waals surface area contributed by atoms with E-state index in [1.807, 2.05) is 66.7 Å². The zero-order valence-electron chi connectivity index (χ0n) is 24.7. The summed E-state index contributed by atoms with van der Waals surface area (Å²) >= 11 is 0. The topological polar surface area (TPSA) is 59.4 Å². The first-order chi connectivity index (χ1) is 18.0. The summed E-state index contributed by atoms with van der Waals surface area (Å²) in [4.78, 5) is 15.3. The van der Waals surface area contributed by atoms with Crippen LogP contribution in [0.2, 0.25) is 0 Å². The van der Waals surface area contributed by atoms with Crippen LogP contribution in [0.25, 0.3) is 0 Å². The Bertz CT molecular complexity index is 994. The van der Waals surface area contributed by atoms with Crippen LogP contribution in [0.3, 0.4) is 0 Å². The SMILES string of the molecule is C=CC(=C\C=C/C)/C(=C/C)C(=C)C1C/C(=N\OCC2CCCNC2)c2c(C)nc(C)nc2C1.CC.CC. The maximum atomic E-state index is 5.90. The number of fused-ring (bicyclic) bond motifs is 1. The summed E-state index contributed by atoms with van der Waals surface area (Å²) in [5.41, 5.74) is 7.24. The third-order valence-electron chi connectivity index (χ3n) is 6.46. The van der Waals surface area contributed by atoms with E-state index in [4.69, 9.17) is 9.82 Å². The number of allylic oxidation sites excluding steroid dienone is 8. The van der Waals surface area contributed by atoms with Gasteiger partial charge in [0.2, 0.25) is 0 Å². The minimum atomic E-state index is 0.185. The molecular formula is C32H50N4O. The number of rotatable bonds is 8. The van der Waals surface area contributed by atoms with Gasteiger partial charge in [0.15, 0.2) is 0 Å². The van der Waals surface area contributed by atoms with Crippen LogP contribution in [0.4, 0.5) is 0 Å². The van der Waals surface area contributed by atoms with Crippen molar-refractivity contribution in [1.29, 1.82) is 0 Å². The Labute approximate surface area is 226 Å². The second-order valence-electron chi connectivity index (χ2n) is 8.91. The highest BCUT2D eigenvalue weighted by molar-refractivity contribution is 6.03. The Morgan fingerprint density at radius 2 is 1.86 bits per heavy atom. The van der Waals surface area contributed by atoms with Crippen LogP contribution in [0.1, 0.15) is 83.6 Å². The van der Waals surface area contributed by atoms with Gasteiger partial charge in [-0.2, -0.15) is 0 Å². The molecule has 1 N–H and O–H groups in total. The number of oxime groups is 1. The second-order valence-corrected chi connectivity index (χ2v) is 8.91. The number of piperidine rings is 1. The summed E-state index contributed by atoms with van der Waals surface area (Å²) in [5.74, 6) is 1.48. The van der Waals surface area contributed by atoms with E-state index >= 15 is 0 Å². The summed E-state index contributed by atoms with van der Waals surface area (Å²) in [6, 6.07) is 0. The molecule has 1 aromatic heterocycles. The van der Waals surface area contributed by atoms with E-state index in [2.05, 4.69) is 47.7 Å². The molecule has 2 atom stereocenters. The lowest BCUT2D eigenvalue weighted by Crippen LogP contribution is -2.32. The molecule has 2 heterocycles. The average Bonchev–Trinajstić information content (AvgIpc) is 2.93. The third kappa shape index (κ3) is 9.23. The number of hydrogen-bond donors (Lipinski definition) is 1. The highest BCUT2D eigenvalue weighted by Crippen LogP contribution is 2.35. The van der Waals surface area contributed by atoms with Crippen LogP contribution in [0.5, 0.6) is 0 Å². The van der Waals surface area contributed by atoms with Gasteiger partial charge >= 0.3 is 0 Å². The van der Waals surface area contributed by atoms with Gasteiger partial charge in [0.05, 0.1) is 17.1 Å². The van der Waals surface area contributed by atoms with Gasteiger partial charge in [-0.25, -0.2) is 9.97 Å². The first kappa shape index (κ1) is 32.2. The molecule has 2 aliphatic rings. The van der Waals surface area contributed by atoms with Crippen LogP contribution in [-0.4, -0.2) is 35.4 Å². The summed E-state index contributed by atoms with van der Waals surface area (Å²) in [6.45, 7) is 27.3. The Morgan fingerprint density at radius 3 is 2.46 bits per heavy atom. The monoisotopic (exact) mass is 506 g/mol. The van der Waals surface area contributed by atoms with E-state index in [0.29, 0.717) is 12.5 Å². The summed E-state index contributed by atoms with van der Waals surface area (Å²) in [5, 5.41) is 8.09. The van der Waals surface area contributed by atoms with Gasteiger partial charge in [-0.15, -0.1) is 0 Å². The largest absolute Gasteiger partial charge is 0.395 e. The van der Waals surface area contributed by atoms with Crippen molar-refractivity contribution in [2.45, 2.75) is 81.1 Å². The zero-order chi connectivity index (χ0) is 27.8. The molecule has 204 valence electrons. The highest BCUT2D eigenvalue weighted by atomic mass is 16.6. The van der Waals surface area contributed by atoms with Crippen LogP contribution in [-0.2, 0) is 11.3 Å². The van der Waals surface area contributed by atoms with Gasteiger partial charge in [-0.05, 0) is 76.1 Å². The predicted octanol–water partition coefficient (Wildman–Crippen LogP) is 7.62. The maximum Gasteiger partial charge on any atom is 0.125 e. The molecule has 0 radical (unpaired) electrons. The summed E-state index contributed by atoms with van der Waals surface area (Å²) < 4.78 is 0. The quantitative estimate of drug-likeness (QED) is 0.291. The van der Waals surface area contributed by atoms with Crippen molar-refractivity contribution in [3.8, 4) is 0 Å². The molecule has 0 aromatic carbocycles. The van der Waals surface area contributed by atoms with E-state index in [0.717, 1.165) is 71.1 Å². The van der Waals surface area contributed by atoms with Crippen LogP contribution >= 0.6 is 0 Å². The molecule has 0 amide bonds. The fraction of sp³-hybridized carbons (Fsp3) is 0.531. The summed E-state index contributed by atoms with van der Waals surface area (Å²) in [6.07, 6.45) is 14.1. The second kappa shape index (κ2) is 17.6. The molecule has 1 aliphatic carbocycles. The molecule has 1 fully saturated rings. The zero-order valence-corrected chi connectivity index (χ0v) is 24.7. The van der Waals surface area contributed by atoms with Gasteiger partial charge in [0.1, 0.15) is 12.4 Å². The molecule has 0 bridgehead atoms. The first-order valence-electron chi connectivity index (χ1n) is 14.0. The minimum absolute atomic E-state index is 0.185. The van der Waals surface area contributed by atoms with Crippen molar-refractivity contribution in [1.82, 2.24) is 15.3 Å². The molecule has 0 saturated carbocycles. The Morgan fingerprint density at radius 1 is 1.14 bits per heavy atom. The van der Waals surface area contributed by atoms with E-state index < -0.39 is 0 Å². The molecule has 1 aliphatic heterocycles. The van der Waals surface area contributed by atoms with Crippen molar-refractivity contribution in [3.63, 3.8) is 0 Å². The van der Waals surface area contributed by atoms with E-state index in [9.17, 15) is 0 Å². The van der Waals surface area contributed by atoms with Crippen LogP contribution in [0.15, 0.2) is 65.4 Å². The molecular weight excluding hydrogens is 456 g/mol. The maximum absolute atomic E-state index is 5.90. The lowest BCUT2D eigenvalue weighted by molar-refractivity contribution is 0.0959. The first-order valence-corrected chi connectivity index (χ1v) is 14.0. The van der Waals surface area contributed by atoms with Crippen LogP contribution < -0.4 is 5.32 Å². The third-order valence-corrected chi connectivity index (χ3v) is 6.46. The number of aryl methyl sites for hydroxylation is 2. The molecule has 5 nitrogen and oxygen atoms in total. The normalized spacial score (nSPS) is 20.8. The van der Waals surface area contributed by atoms with Crippen molar-refractivity contribution in [3.05, 3.63) is 83.0 Å². The number of nitrogens with zero attached hydrogens (tertiary/aromatic N) is 3. The Balaban J connectivity index is 0.00000163.